The van der Waals surface area contributed by atoms with Gasteiger partial charge in [0.1, 0.15) is 12.4 Å². The lowest BCUT2D eigenvalue weighted by Gasteiger charge is -2.46. The van der Waals surface area contributed by atoms with E-state index in [1.54, 1.807) is 13.8 Å². The van der Waals surface area contributed by atoms with Gasteiger partial charge in [-0.25, -0.2) is 4.79 Å². The van der Waals surface area contributed by atoms with Crippen LogP contribution in [0.3, 0.4) is 0 Å². The van der Waals surface area contributed by atoms with Gasteiger partial charge in [-0.05, 0) is 44.9 Å². The fourth-order valence-corrected chi connectivity index (χ4v) is 3.20. The van der Waals surface area contributed by atoms with Crippen LogP contribution < -0.4 is 5.32 Å². The fourth-order valence-electron chi connectivity index (χ4n) is 3.20. The molecule has 0 radical (unpaired) electrons. The number of allylic oxidation sites excluding steroid dienone is 3. The second kappa shape index (κ2) is 5.19. The van der Waals surface area contributed by atoms with Gasteiger partial charge >= 0.3 is 6.09 Å². The Morgan fingerprint density at radius 1 is 1.37 bits per heavy atom. The van der Waals surface area contributed by atoms with Crippen molar-refractivity contribution in [3.63, 3.8) is 0 Å². The standard InChI is InChI=1S/C15H21NO3/c1-10(2)16-14(18)19-9-15(11(3)17)8-12-4-6-13(15)7-5-12/h4,6,12-13H,1,5,7-9H2,2-3H3,(H,16,18). The molecule has 0 spiro atoms. The van der Waals surface area contributed by atoms with E-state index in [1.165, 1.54) is 0 Å². The Balaban J connectivity index is 2.06. The Morgan fingerprint density at radius 2 is 2.11 bits per heavy atom. The van der Waals surface area contributed by atoms with Crippen LogP contribution in [0.1, 0.15) is 33.1 Å². The fraction of sp³-hybridized carbons (Fsp3) is 0.600. The van der Waals surface area contributed by atoms with Crippen LogP contribution in [0.15, 0.2) is 24.4 Å². The van der Waals surface area contributed by atoms with E-state index in [9.17, 15) is 9.59 Å². The Hall–Kier alpha value is -1.58. The van der Waals surface area contributed by atoms with Crippen LogP contribution in [-0.4, -0.2) is 18.5 Å². The van der Waals surface area contributed by atoms with E-state index >= 15 is 0 Å². The minimum Gasteiger partial charge on any atom is -0.448 e. The number of ether oxygens (including phenoxy) is 1. The maximum absolute atomic E-state index is 12.1. The summed E-state index contributed by atoms with van der Waals surface area (Å²) in [7, 11) is 0. The van der Waals surface area contributed by atoms with Gasteiger partial charge in [-0.3, -0.25) is 10.1 Å². The summed E-state index contributed by atoms with van der Waals surface area (Å²) < 4.78 is 5.24. The van der Waals surface area contributed by atoms with Gasteiger partial charge in [0.15, 0.2) is 0 Å². The van der Waals surface area contributed by atoms with Crippen LogP contribution in [0.4, 0.5) is 4.79 Å². The topological polar surface area (TPSA) is 55.4 Å². The quantitative estimate of drug-likeness (QED) is 0.793. The van der Waals surface area contributed by atoms with E-state index < -0.39 is 11.5 Å². The van der Waals surface area contributed by atoms with Crippen molar-refractivity contribution < 1.29 is 14.3 Å². The van der Waals surface area contributed by atoms with Crippen molar-refractivity contribution in [3.8, 4) is 0 Å². The zero-order valence-corrected chi connectivity index (χ0v) is 11.6. The van der Waals surface area contributed by atoms with E-state index in [-0.39, 0.29) is 18.3 Å². The highest BCUT2D eigenvalue weighted by molar-refractivity contribution is 5.84. The van der Waals surface area contributed by atoms with Crippen molar-refractivity contribution in [3.05, 3.63) is 24.4 Å². The molecule has 1 fully saturated rings. The van der Waals surface area contributed by atoms with E-state index in [0.29, 0.717) is 11.6 Å². The van der Waals surface area contributed by atoms with E-state index in [0.717, 1.165) is 19.3 Å². The van der Waals surface area contributed by atoms with Gasteiger partial charge in [0.2, 0.25) is 0 Å². The Bertz CT molecular complexity index is 441. The average Bonchev–Trinajstić information content (AvgIpc) is 2.36. The van der Waals surface area contributed by atoms with Gasteiger partial charge < -0.3 is 4.74 Å². The molecule has 1 N–H and O–H groups in total. The molecule has 0 aliphatic heterocycles. The molecule has 1 amide bonds. The number of carbonyl (C=O) groups excluding carboxylic acids is 2. The lowest BCUT2D eigenvalue weighted by atomic mass is 9.58. The number of hydrogen-bond acceptors (Lipinski definition) is 3. The van der Waals surface area contributed by atoms with Gasteiger partial charge in [0.25, 0.3) is 0 Å². The summed E-state index contributed by atoms with van der Waals surface area (Å²) in [4.78, 5) is 23.6. The highest BCUT2D eigenvalue weighted by atomic mass is 16.5. The van der Waals surface area contributed by atoms with Crippen molar-refractivity contribution in [1.82, 2.24) is 5.32 Å². The predicted octanol–water partition coefficient (Wildman–Crippen LogP) is 2.81. The van der Waals surface area contributed by atoms with Gasteiger partial charge in [0, 0.05) is 5.70 Å². The first kappa shape index (κ1) is 13.8. The number of alkyl carbamates (subject to hydrolysis) is 1. The first-order chi connectivity index (χ1) is 8.94. The maximum Gasteiger partial charge on any atom is 0.411 e. The van der Waals surface area contributed by atoms with Crippen LogP contribution >= 0.6 is 0 Å². The first-order valence-corrected chi connectivity index (χ1v) is 6.73. The monoisotopic (exact) mass is 263 g/mol. The summed E-state index contributed by atoms with van der Waals surface area (Å²) in [6.45, 7) is 7.04. The molecule has 1 saturated carbocycles. The van der Waals surface area contributed by atoms with Crippen LogP contribution in [0.25, 0.3) is 0 Å². The number of hydrogen-bond donors (Lipinski definition) is 1. The second-order valence-electron chi connectivity index (χ2n) is 5.73. The normalized spacial score (nSPS) is 31.9. The predicted molar refractivity (Wildman–Crippen MR) is 72.4 cm³/mol. The largest absolute Gasteiger partial charge is 0.448 e. The summed E-state index contributed by atoms with van der Waals surface area (Å²) >= 11 is 0. The van der Waals surface area contributed by atoms with Crippen molar-refractivity contribution in [2.24, 2.45) is 17.3 Å². The minimum absolute atomic E-state index is 0.120. The Labute approximate surface area is 113 Å². The van der Waals surface area contributed by atoms with Crippen LogP contribution in [-0.2, 0) is 9.53 Å². The number of ketones is 1. The van der Waals surface area contributed by atoms with Gasteiger partial charge in [0.05, 0.1) is 5.41 Å². The summed E-state index contributed by atoms with van der Waals surface area (Å²) in [5.74, 6) is 0.768. The number of rotatable bonds is 4. The second-order valence-corrected chi connectivity index (χ2v) is 5.73. The molecule has 0 saturated heterocycles. The summed E-state index contributed by atoms with van der Waals surface area (Å²) in [5.41, 5.74) is 0.0105. The molecule has 3 unspecified atom stereocenters. The number of fused-ring (bicyclic) bond motifs is 2. The summed E-state index contributed by atoms with van der Waals surface area (Å²) in [5, 5.41) is 2.50. The van der Waals surface area contributed by atoms with Crippen LogP contribution in [0, 0.1) is 17.3 Å². The number of Topliss-reactive ketones (excluding diaryl/α,β-unsaturated/α-hetero) is 1. The van der Waals surface area contributed by atoms with E-state index in [1.807, 2.05) is 0 Å². The molecule has 4 nitrogen and oxygen atoms in total. The molecule has 0 aromatic rings. The zero-order chi connectivity index (χ0) is 14.0. The molecular weight excluding hydrogens is 242 g/mol. The molecule has 3 rings (SSSR count). The van der Waals surface area contributed by atoms with Crippen molar-refractivity contribution in [2.75, 3.05) is 6.61 Å². The molecule has 3 aliphatic rings. The third-order valence-electron chi connectivity index (χ3n) is 4.28. The van der Waals surface area contributed by atoms with Crippen molar-refractivity contribution >= 4 is 11.9 Å². The van der Waals surface area contributed by atoms with E-state index in [4.69, 9.17) is 4.74 Å². The maximum atomic E-state index is 12.1. The summed E-state index contributed by atoms with van der Waals surface area (Å²) in [6.07, 6.45) is 6.73. The molecule has 3 aliphatic carbocycles. The molecule has 4 heteroatoms. The molecular formula is C15H21NO3. The molecule has 0 heterocycles. The van der Waals surface area contributed by atoms with Gasteiger partial charge in [-0.2, -0.15) is 0 Å². The van der Waals surface area contributed by atoms with Crippen LogP contribution in [0.2, 0.25) is 0 Å². The lowest BCUT2D eigenvalue weighted by Crippen LogP contribution is -2.48. The average molecular weight is 263 g/mol. The molecule has 2 bridgehead atoms. The van der Waals surface area contributed by atoms with Gasteiger partial charge in [-0.15, -0.1) is 0 Å². The highest BCUT2D eigenvalue weighted by Gasteiger charge is 2.49. The Morgan fingerprint density at radius 3 is 2.53 bits per heavy atom. The number of carbonyl (C=O) groups is 2. The third kappa shape index (κ3) is 2.72. The molecule has 19 heavy (non-hydrogen) atoms. The first-order valence-electron chi connectivity index (χ1n) is 6.73. The smallest absolute Gasteiger partial charge is 0.411 e. The third-order valence-corrected chi connectivity index (χ3v) is 4.28. The Kier molecular flexibility index (Phi) is 3.78. The van der Waals surface area contributed by atoms with E-state index in [2.05, 4.69) is 24.0 Å². The molecule has 3 atom stereocenters. The molecule has 0 aromatic carbocycles. The van der Waals surface area contributed by atoms with Gasteiger partial charge in [-0.1, -0.05) is 18.7 Å². The SMILES string of the molecule is C=C(C)NC(=O)OCC1(C(C)=O)CC2C=CC1CC2. The molecule has 0 aromatic heterocycles. The number of amides is 1. The zero-order valence-electron chi connectivity index (χ0n) is 11.6. The van der Waals surface area contributed by atoms with Crippen molar-refractivity contribution in [2.45, 2.75) is 33.1 Å². The van der Waals surface area contributed by atoms with Crippen molar-refractivity contribution in [1.29, 1.82) is 0 Å². The number of nitrogens with one attached hydrogen (secondary N) is 1. The highest BCUT2D eigenvalue weighted by Crippen LogP contribution is 2.49. The lowest BCUT2D eigenvalue weighted by molar-refractivity contribution is -0.135. The molecule has 104 valence electrons. The van der Waals surface area contributed by atoms with Crippen LogP contribution in [0.5, 0.6) is 0 Å². The minimum atomic E-state index is -0.529. The summed E-state index contributed by atoms with van der Waals surface area (Å²) in [6, 6.07) is 0.